The van der Waals surface area contributed by atoms with Crippen molar-refractivity contribution in [3.63, 3.8) is 0 Å². The van der Waals surface area contributed by atoms with E-state index in [1.54, 1.807) is 12.5 Å². The molecule has 2 heterocycles. The third-order valence-electron chi connectivity index (χ3n) is 4.27. The van der Waals surface area contributed by atoms with E-state index < -0.39 is 0 Å². The van der Waals surface area contributed by atoms with Gasteiger partial charge in [-0.05, 0) is 23.6 Å². The maximum Gasteiger partial charge on any atom is 0.221 e. The average molecular weight is 323 g/mol. The Balaban J connectivity index is 2.06. The van der Waals surface area contributed by atoms with E-state index in [2.05, 4.69) is 16.9 Å². The molecule has 0 aliphatic heterocycles. The fourth-order valence-electron chi connectivity index (χ4n) is 3.02. The molecule has 124 valence electrons. The Morgan fingerprint density at radius 2 is 2.12 bits per heavy atom. The lowest BCUT2D eigenvalue weighted by molar-refractivity contribution is -0.117. The second kappa shape index (κ2) is 6.31. The Hall–Kier alpha value is -2.89. The van der Waals surface area contributed by atoms with Gasteiger partial charge in [0, 0.05) is 25.8 Å². The van der Waals surface area contributed by atoms with E-state index >= 15 is 0 Å². The number of nitrogens with two attached hydrogens (primary N) is 1. The van der Waals surface area contributed by atoms with Gasteiger partial charge in [-0.3, -0.25) is 4.79 Å². The second-order valence-corrected chi connectivity index (χ2v) is 5.86. The quantitative estimate of drug-likeness (QED) is 0.782. The van der Waals surface area contributed by atoms with Crippen molar-refractivity contribution in [2.75, 3.05) is 11.9 Å². The topological polar surface area (TPSA) is 77.0 Å². The molecule has 0 saturated heterocycles. The Labute approximate surface area is 140 Å². The molecule has 2 aromatic heterocycles. The number of aryl methyl sites for hydroxylation is 1. The number of carbonyl (C=O) groups excluding carboxylic acids is 1. The molecule has 0 aliphatic carbocycles. The molecule has 0 bridgehead atoms. The zero-order chi connectivity index (χ0) is 17.3. The normalized spacial score (nSPS) is 11.0. The van der Waals surface area contributed by atoms with Gasteiger partial charge in [0.1, 0.15) is 11.3 Å². The predicted molar refractivity (Wildman–Crippen MR) is 95.3 cm³/mol. The Kier molecular flexibility index (Phi) is 4.20. The minimum Gasteiger partial charge on any atom is -0.369 e. The van der Waals surface area contributed by atoms with Crippen LogP contribution in [0.4, 0.5) is 11.5 Å². The zero-order valence-electron chi connectivity index (χ0n) is 14.2. The fraction of sp³-hybridized carbons (Fsp3) is 0.278. The first-order valence-corrected chi connectivity index (χ1v) is 7.91. The van der Waals surface area contributed by atoms with Crippen LogP contribution in [0.5, 0.6) is 0 Å². The van der Waals surface area contributed by atoms with E-state index in [4.69, 9.17) is 5.73 Å². The summed E-state index contributed by atoms with van der Waals surface area (Å²) in [4.78, 5) is 22.2. The summed E-state index contributed by atoms with van der Waals surface area (Å²) in [5.41, 5.74) is 10.4. The number of hydrogen-bond acceptors (Lipinski definition) is 4. The van der Waals surface area contributed by atoms with Crippen LogP contribution >= 0.6 is 0 Å². The molecular formula is C18H21N5O. The van der Waals surface area contributed by atoms with Crippen molar-refractivity contribution in [1.29, 1.82) is 0 Å². The third-order valence-corrected chi connectivity index (χ3v) is 4.27. The van der Waals surface area contributed by atoms with Gasteiger partial charge in [0.05, 0.1) is 24.5 Å². The lowest BCUT2D eigenvalue weighted by Gasteiger charge is -2.23. The van der Waals surface area contributed by atoms with Gasteiger partial charge in [-0.2, -0.15) is 0 Å². The lowest BCUT2D eigenvalue weighted by atomic mass is 9.99. The Morgan fingerprint density at radius 1 is 1.33 bits per heavy atom. The standard InChI is InChI=1S/C18H21N5O/c1-4-13-12(8-17(19)24)6-5-7-15(13)23(3)18-9-16-14(10-20-18)21-11-22(16)2/h5-7,9-11H,4,8H2,1-3H3,(H2,19,24). The average Bonchev–Trinajstić information content (AvgIpc) is 2.94. The van der Waals surface area contributed by atoms with Crippen LogP contribution in [0.2, 0.25) is 0 Å². The summed E-state index contributed by atoms with van der Waals surface area (Å²) in [6.07, 6.45) is 4.62. The number of hydrogen-bond donors (Lipinski definition) is 1. The molecule has 1 amide bonds. The summed E-state index contributed by atoms with van der Waals surface area (Å²) < 4.78 is 1.97. The molecule has 6 nitrogen and oxygen atoms in total. The molecule has 24 heavy (non-hydrogen) atoms. The van der Waals surface area contributed by atoms with E-state index in [1.165, 1.54) is 0 Å². The maximum absolute atomic E-state index is 11.3. The number of imidazole rings is 1. The minimum absolute atomic E-state index is 0.249. The molecule has 0 atom stereocenters. The molecule has 0 fully saturated rings. The van der Waals surface area contributed by atoms with Crippen molar-refractivity contribution in [2.45, 2.75) is 19.8 Å². The van der Waals surface area contributed by atoms with E-state index in [9.17, 15) is 4.79 Å². The Bertz CT molecular complexity index is 900. The van der Waals surface area contributed by atoms with Crippen LogP contribution < -0.4 is 10.6 Å². The number of fused-ring (bicyclic) bond motifs is 1. The molecule has 3 rings (SSSR count). The lowest BCUT2D eigenvalue weighted by Crippen LogP contribution is -2.18. The first-order chi connectivity index (χ1) is 11.5. The molecule has 6 heteroatoms. The van der Waals surface area contributed by atoms with Gasteiger partial charge >= 0.3 is 0 Å². The van der Waals surface area contributed by atoms with Crippen molar-refractivity contribution >= 4 is 28.4 Å². The highest BCUT2D eigenvalue weighted by atomic mass is 16.1. The monoisotopic (exact) mass is 323 g/mol. The van der Waals surface area contributed by atoms with Crippen LogP contribution in [0.3, 0.4) is 0 Å². The van der Waals surface area contributed by atoms with Gasteiger partial charge in [-0.15, -0.1) is 0 Å². The highest BCUT2D eigenvalue weighted by Gasteiger charge is 2.15. The molecule has 0 spiro atoms. The van der Waals surface area contributed by atoms with Gasteiger partial charge < -0.3 is 15.2 Å². The van der Waals surface area contributed by atoms with Gasteiger partial charge in [0.2, 0.25) is 5.91 Å². The van der Waals surface area contributed by atoms with Crippen molar-refractivity contribution < 1.29 is 4.79 Å². The number of rotatable bonds is 5. The van der Waals surface area contributed by atoms with Crippen LogP contribution in [0.25, 0.3) is 11.0 Å². The number of carbonyl (C=O) groups is 1. The highest BCUT2D eigenvalue weighted by molar-refractivity contribution is 5.80. The number of primary amides is 1. The predicted octanol–water partition coefficient (Wildman–Crippen LogP) is 2.33. The number of nitrogens with zero attached hydrogens (tertiary/aromatic N) is 4. The summed E-state index contributed by atoms with van der Waals surface area (Å²) in [7, 11) is 3.94. The minimum atomic E-state index is -0.320. The summed E-state index contributed by atoms with van der Waals surface area (Å²) in [6.45, 7) is 2.08. The third kappa shape index (κ3) is 2.82. The van der Waals surface area contributed by atoms with Crippen molar-refractivity contribution in [3.05, 3.63) is 47.9 Å². The van der Waals surface area contributed by atoms with Gasteiger partial charge in [-0.1, -0.05) is 19.1 Å². The molecule has 0 aliphatic rings. The van der Waals surface area contributed by atoms with Crippen LogP contribution in [0.1, 0.15) is 18.1 Å². The fourth-order valence-corrected chi connectivity index (χ4v) is 3.02. The van der Waals surface area contributed by atoms with Crippen molar-refractivity contribution in [3.8, 4) is 0 Å². The number of pyridine rings is 1. The van der Waals surface area contributed by atoms with Crippen LogP contribution in [-0.2, 0) is 24.7 Å². The zero-order valence-corrected chi connectivity index (χ0v) is 14.2. The molecule has 1 aromatic carbocycles. The second-order valence-electron chi connectivity index (χ2n) is 5.86. The molecular weight excluding hydrogens is 302 g/mol. The SMILES string of the molecule is CCc1c(CC(N)=O)cccc1N(C)c1cc2c(cn1)ncn2C. The molecule has 3 aromatic rings. The molecule has 0 unspecified atom stereocenters. The molecule has 0 radical (unpaired) electrons. The maximum atomic E-state index is 11.3. The highest BCUT2D eigenvalue weighted by Crippen LogP contribution is 2.30. The summed E-state index contributed by atoms with van der Waals surface area (Å²) in [5.74, 6) is 0.510. The summed E-state index contributed by atoms with van der Waals surface area (Å²) in [5, 5.41) is 0. The van der Waals surface area contributed by atoms with E-state index in [-0.39, 0.29) is 12.3 Å². The van der Waals surface area contributed by atoms with E-state index in [0.717, 1.165) is 40.1 Å². The number of aromatic nitrogens is 3. The van der Waals surface area contributed by atoms with Crippen molar-refractivity contribution in [1.82, 2.24) is 14.5 Å². The number of anilines is 2. The Morgan fingerprint density at radius 3 is 2.83 bits per heavy atom. The van der Waals surface area contributed by atoms with Gasteiger partial charge in [0.15, 0.2) is 0 Å². The first kappa shape index (κ1) is 16.0. The summed E-state index contributed by atoms with van der Waals surface area (Å²) in [6, 6.07) is 7.96. The smallest absolute Gasteiger partial charge is 0.221 e. The number of amides is 1. The largest absolute Gasteiger partial charge is 0.369 e. The van der Waals surface area contributed by atoms with Crippen molar-refractivity contribution in [2.24, 2.45) is 12.8 Å². The van der Waals surface area contributed by atoms with Gasteiger partial charge in [0.25, 0.3) is 0 Å². The number of benzene rings is 1. The van der Waals surface area contributed by atoms with Crippen LogP contribution in [0.15, 0.2) is 36.8 Å². The van der Waals surface area contributed by atoms with E-state index in [0.29, 0.717) is 0 Å². The van der Waals surface area contributed by atoms with Crippen LogP contribution in [0, 0.1) is 0 Å². The first-order valence-electron chi connectivity index (χ1n) is 7.91. The molecule has 2 N–H and O–H groups in total. The molecule has 0 saturated carbocycles. The summed E-state index contributed by atoms with van der Waals surface area (Å²) >= 11 is 0. The van der Waals surface area contributed by atoms with Crippen LogP contribution in [-0.4, -0.2) is 27.5 Å². The van der Waals surface area contributed by atoms with E-state index in [1.807, 2.05) is 47.8 Å². The van der Waals surface area contributed by atoms with Gasteiger partial charge in [-0.25, -0.2) is 9.97 Å².